The second-order valence-electron chi connectivity index (χ2n) is 8.62. The Bertz CT molecular complexity index is 1310. The molecule has 0 saturated carbocycles. The number of carbonyl (C=O) groups excluding carboxylic acids is 2. The summed E-state index contributed by atoms with van der Waals surface area (Å²) >= 11 is 0. The fourth-order valence-electron chi connectivity index (χ4n) is 4.70. The molecule has 1 aromatic heterocycles. The smallest absolute Gasteiger partial charge is 0.295 e. The number of halogens is 1. The molecule has 3 aromatic rings. The Morgan fingerprint density at radius 1 is 0.879 bits per heavy atom. The number of benzene rings is 1. The van der Waals surface area contributed by atoms with E-state index >= 15 is 0 Å². The molecule has 0 aliphatic carbocycles. The Morgan fingerprint density at radius 2 is 1.45 bits per heavy atom. The zero-order chi connectivity index (χ0) is 23.3. The minimum atomic E-state index is -0.771. The van der Waals surface area contributed by atoms with Gasteiger partial charge in [-0.05, 0) is 19.2 Å². The first-order valence-corrected chi connectivity index (χ1v) is 11.0. The molecule has 2 fully saturated rings. The van der Waals surface area contributed by atoms with Crippen molar-refractivity contribution in [1.82, 2.24) is 14.8 Å². The number of carbonyl (C=O) groups is 2. The Balaban J connectivity index is 1.29. The number of hydrogen-bond donors (Lipinski definition) is 1. The molecular weight excluding hydrogens is 429 g/mol. The van der Waals surface area contributed by atoms with Crippen molar-refractivity contribution in [3.8, 4) is 0 Å². The summed E-state index contributed by atoms with van der Waals surface area (Å²) < 4.78 is 14.2. The second kappa shape index (κ2) is 8.11. The number of nitrogens with one attached hydrogen (secondary N) is 1. The number of amides is 1. The lowest BCUT2D eigenvalue weighted by atomic mass is 10.1. The van der Waals surface area contributed by atoms with Crippen LogP contribution in [-0.2, 0) is 4.79 Å². The predicted octanol–water partition coefficient (Wildman–Crippen LogP) is 0.186. The average Bonchev–Trinajstić information content (AvgIpc) is 3.27. The normalized spacial score (nSPS) is 17.8. The van der Waals surface area contributed by atoms with Crippen LogP contribution in [0, 0.1) is 5.82 Å². The second-order valence-corrected chi connectivity index (χ2v) is 8.62. The maximum Gasteiger partial charge on any atom is 0.295 e. The number of ketones is 1. The number of hydrogen-bond acceptors (Lipinski definition) is 7. The number of aromatic nitrogens is 1. The summed E-state index contributed by atoms with van der Waals surface area (Å²) in [4.78, 5) is 60.5. The van der Waals surface area contributed by atoms with Crippen LogP contribution in [0.4, 0.5) is 15.8 Å². The third kappa shape index (κ3) is 3.50. The number of rotatable bonds is 4. The highest BCUT2D eigenvalue weighted by molar-refractivity contribution is 6.44. The van der Waals surface area contributed by atoms with Crippen molar-refractivity contribution in [2.75, 3.05) is 69.2 Å². The van der Waals surface area contributed by atoms with E-state index in [1.54, 1.807) is 6.07 Å². The monoisotopic (exact) mass is 453 g/mol. The fraction of sp³-hybridized carbons (Fsp3) is 0.391. The quantitative estimate of drug-likeness (QED) is 0.445. The highest BCUT2D eigenvalue weighted by atomic mass is 19.1. The minimum absolute atomic E-state index is 0.00959. The van der Waals surface area contributed by atoms with Crippen molar-refractivity contribution in [3.63, 3.8) is 0 Å². The SMILES string of the molecule is CN1CCN(c2c(N3CCN(C(=O)C(=O)c4c[nH]c5cccc(F)c45)CC3)c(=O)c2=O)CC1. The molecule has 1 N–H and O–H groups in total. The topological polar surface area (TPSA) is 97.0 Å². The van der Waals surface area contributed by atoms with Gasteiger partial charge in [-0.2, -0.15) is 0 Å². The number of anilines is 2. The maximum absolute atomic E-state index is 14.2. The van der Waals surface area contributed by atoms with Gasteiger partial charge in [0.15, 0.2) is 0 Å². The van der Waals surface area contributed by atoms with Crippen LogP contribution in [0.1, 0.15) is 10.4 Å². The molecular formula is C23H24FN5O4. The van der Waals surface area contributed by atoms with Gasteiger partial charge < -0.3 is 24.6 Å². The van der Waals surface area contributed by atoms with E-state index in [0.29, 0.717) is 43.1 Å². The molecule has 1 amide bonds. The Kier molecular flexibility index (Phi) is 5.24. The van der Waals surface area contributed by atoms with Crippen LogP contribution in [0.15, 0.2) is 34.0 Å². The van der Waals surface area contributed by atoms with Gasteiger partial charge in [0.1, 0.15) is 17.2 Å². The third-order valence-corrected chi connectivity index (χ3v) is 6.66. The van der Waals surface area contributed by atoms with Crippen LogP contribution in [0.25, 0.3) is 10.9 Å². The lowest BCUT2D eigenvalue weighted by Gasteiger charge is -2.40. The maximum atomic E-state index is 14.2. The molecule has 0 unspecified atom stereocenters. The summed E-state index contributed by atoms with van der Waals surface area (Å²) in [5, 5.41) is 0.107. The van der Waals surface area contributed by atoms with Crippen molar-refractivity contribution >= 4 is 34.0 Å². The lowest BCUT2D eigenvalue weighted by molar-refractivity contribution is -0.126. The van der Waals surface area contributed by atoms with Gasteiger partial charge in [0.05, 0.1) is 5.56 Å². The highest BCUT2D eigenvalue weighted by Crippen LogP contribution is 2.27. The fourth-order valence-corrected chi connectivity index (χ4v) is 4.70. The molecule has 5 rings (SSSR count). The van der Waals surface area contributed by atoms with Gasteiger partial charge in [-0.3, -0.25) is 19.2 Å². The highest BCUT2D eigenvalue weighted by Gasteiger charge is 2.35. The predicted molar refractivity (Wildman–Crippen MR) is 122 cm³/mol. The standard InChI is InChI=1S/C23H24FN5O4/c1-26-5-7-27(8-6-26)18-19(22(32)21(18)31)28-9-11-29(12-10-28)23(33)20(30)14-13-25-16-4-2-3-15(24)17(14)16/h2-4,13,25H,5-12H2,1H3. The first kappa shape index (κ1) is 21.3. The van der Waals surface area contributed by atoms with Crippen molar-refractivity contribution < 1.29 is 14.0 Å². The molecule has 0 bridgehead atoms. The van der Waals surface area contributed by atoms with E-state index in [9.17, 15) is 23.6 Å². The molecule has 3 heterocycles. The van der Waals surface area contributed by atoms with Crippen molar-refractivity contribution in [2.24, 2.45) is 0 Å². The summed E-state index contributed by atoms with van der Waals surface area (Å²) in [5.41, 5.74) is 0.404. The summed E-state index contributed by atoms with van der Waals surface area (Å²) in [6, 6.07) is 4.42. The molecule has 33 heavy (non-hydrogen) atoms. The average molecular weight is 453 g/mol. The van der Waals surface area contributed by atoms with E-state index in [0.717, 1.165) is 13.1 Å². The summed E-state index contributed by atoms with van der Waals surface area (Å²) in [6.07, 6.45) is 1.36. The van der Waals surface area contributed by atoms with Crippen LogP contribution in [0.2, 0.25) is 0 Å². The van der Waals surface area contributed by atoms with E-state index in [2.05, 4.69) is 9.88 Å². The van der Waals surface area contributed by atoms with Crippen LogP contribution < -0.4 is 20.7 Å². The summed E-state index contributed by atoms with van der Waals surface area (Å²) in [6.45, 7) is 4.14. The van der Waals surface area contributed by atoms with Crippen molar-refractivity contribution in [1.29, 1.82) is 0 Å². The minimum Gasteiger partial charge on any atom is -0.364 e. The van der Waals surface area contributed by atoms with Crippen LogP contribution in [-0.4, -0.2) is 85.9 Å². The molecule has 2 aliphatic heterocycles. The molecule has 2 aromatic carbocycles. The van der Waals surface area contributed by atoms with E-state index < -0.39 is 28.4 Å². The molecule has 2 saturated heterocycles. The summed E-state index contributed by atoms with van der Waals surface area (Å²) in [7, 11) is 2.02. The number of likely N-dealkylation sites (N-methyl/N-ethyl adjacent to an activating group) is 1. The van der Waals surface area contributed by atoms with E-state index in [-0.39, 0.29) is 24.0 Å². The molecule has 9 nitrogen and oxygen atoms in total. The van der Waals surface area contributed by atoms with E-state index in [1.165, 1.54) is 23.2 Å². The Hall–Kier alpha value is -3.53. The number of piperazine rings is 2. The van der Waals surface area contributed by atoms with Crippen molar-refractivity contribution in [2.45, 2.75) is 0 Å². The number of H-pyrrole nitrogens is 1. The Labute approximate surface area is 188 Å². The third-order valence-electron chi connectivity index (χ3n) is 6.66. The zero-order valence-electron chi connectivity index (χ0n) is 18.3. The zero-order valence-corrected chi connectivity index (χ0v) is 18.3. The van der Waals surface area contributed by atoms with Crippen LogP contribution in [0.5, 0.6) is 0 Å². The number of fused-ring (bicyclic) bond motifs is 1. The lowest BCUT2D eigenvalue weighted by Crippen LogP contribution is -2.56. The first-order valence-electron chi connectivity index (χ1n) is 11.0. The van der Waals surface area contributed by atoms with Gasteiger partial charge in [0.25, 0.3) is 22.5 Å². The van der Waals surface area contributed by atoms with Crippen molar-refractivity contribution in [3.05, 3.63) is 56.2 Å². The first-order chi connectivity index (χ1) is 15.9. The van der Waals surface area contributed by atoms with Gasteiger partial charge in [-0.1, -0.05) is 6.07 Å². The van der Waals surface area contributed by atoms with Crippen LogP contribution in [0.3, 0.4) is 0 Å². The Morgan fingerprint density at radius 3 is 2.06 bits per heavy atom. The van der Waals surface area contributed by atoms with E-state index in [4.69, 9.17) is 0 Å². The van der Waals surface area contributed by atoms with Gasteiger partial charge >= 0.3 is 0 Å². The molecule has 0 radical (unpaired) electrons. The van der Waals surface area contributed by atoms with Crippen LogP contribution >= 0.6 is 0 Å². The van der Waals surface area contributed by atoms with E-state index in [1.807, 2.05) is 16.8 Å². The molecule has 172 valence electrons. The van der Waals surface area contributed by atoms with Gasteiger partial charge in [-0.25, -0.2) is 4.39 Å². The summed E-state index contributed by atoms with van der Waals surface area (Å²) in [5.74, 6) is -2.04. The number of Topliss-reactive ketones (excluding diaryl/α,β-unsaturated/α-hetero) is 1. The van der Waals surface area contributed by atoms with Gasteiger partial charge in [0.2, 0.25) is 0 Å². The largest absolute Gasteiger partial charge is 0.364 e. The molecule has 2 aliphatic rings. The number of aromatic amines is 1. The molecule has 0 atom stereocenters. The molecule has 10 heteroatoms. The van der Waals surface area contributed by atoms with Gasteiger partial charge in [0, 0.05) is 69.5 Å². The molecule has 0 spiro atoms. The number of nitrogens with zero attached hydrogens (tertiary/aromatic N) is 4. The van der Waals surface area contributed by atoms with Gasteiger partial charge in [-0.15, -0.1) is 0 Å².